The molecule has 1 atom stereocenters. The van der Waals surface area contributed by atoms with Gasteiger partial charge < -0.3 is 14.2 Å². The molecule has 0 saturated carbocycles. The fourth-order valence-corrected chi connectivity index (χ4v) is 8.17. The highest BCUT2D eigenvalue weighted by molar-refractivity contribution is 5.71. The standard InChI is InChI=1S/C63H110O6/c1-4-7-10-13-16-19-22-24-26-27-28-29-30-31-32-33-34-35-37-38-41-44-47-50-53-56-62(65)68-59-60(58-67-61(64)55-52-49-46-43-40-21-18-15-12-9-6-3)69-63(66)57-54-51-48-45-42-39-36-25-23-20-17-14-11-8-5-2/h15,17-18,20,22,24-25,27-28,30-31,36,60H,4-14,16,19,21,23,26,29,32-35,37-59H2,1-3H3/b18-15-,20-17-,24-22-,28-27-,31-30-,36-25-. The van der Waals surface area contributed by atoms with Crippen LogP contribution in [0.3, 0.4) is 0 Å². The molecule has 0 spiro atoms. The van der Waals surface area contributed by atoms with Crippen LogP contribution in [0.4, 0.5) is 0 Å². The van der Waals surface area contributed by atoms with E-state index in [0.717, 1.165) is 103 Å². The number of hydrogen-bond acceptors (Lipinski definition) is 6. The zero-order valence-electron chi connectivity index (χ0n) is 45.6. The van der Waals surface area contributed by atoms with E-state index in [4.69, 9.17) is 14.2 Å². The molecule has 0 aromatic rings. The molecule has 0 saturated heterocycles. The van der Waals surface area contributed by atoms with Crippen molar-refractivity contribution in [1.29, 1.82) is 0 Å². The van der Waals surface area contributed by atoms with Crippen molar-refractivity contribution in [3.63, 3.8) is 0 Å². The average Bonchev–Trinajstić information content (AvgIpc) is 3.35. The fraction of sp³-hybridized carbons (Fsp3) is 0.762. The third kappa shape index (κ3) is 55.6. The maximum Gasteiger partial charge on any atom is 0.306 e. The van der Waals surface area contributed by atoms with Crippen LogP contribution in [0.25, 0.3) is 0 Å². The molecule has 69 heavy (non-hydrogen) atoms. The minimum atomic E-state index is -0.787. The third-order valence-corrected chi connectivity index (χ3v) is 12.7. The number of allylic oxidation sites excluding steroid dienone is 12. The van der Waals surface area contributed by atoms with Crippen molar-refractivity contribution >= 4 is 17.9 Å². The number of rotatable bonds is 53. The predicted octanol–water partition coefficient (Wildman–Crippen LogP) is 19.8. The normalized spacial score (nSPS) is 12.6. The van der Waals surface area contributed by atoms with Crippen molar-refractivity contribution in [3.05, 3.63) is 72.9 Å². The quantitative estimate of drug-likeness (QED) is 0.0262. The highest BCUT2D eigenvalue weighted by atomic mass is 16.6. The van der Waals surface area contributed by atoms with Crippen LogP contribution in [-0.4, -0.2) is 37.2 Å². The van der Waals surface area contributed by atoms with Crippen LogP contribution in [0.15, 0.2) is 72.9 Å². The molecule has 398 valence electrons. The second-order valence-electron chi connectivity index (χ2n) is 19.5. The van der Waals surface area contributed by atoms with E-state index in [1.54, 1.807) is 0 Å². The summed E-state index contributed by atoms with van der Waals surface area (Å²) >= 11 is 0. The molecule has 0 N–H and O–H groups in total. The summed E-state index contributed by atoms with van der Waals surface area (Å²) in [5.41, 5.74) is 0. The van der Waals surface area contributed by atoms with Gasteiger partial charge in [-0.2, -0.15) is 0 Å². The zero-order valence-corrected chi connectivity index (χ0v) is 45.6. The van der Waals surface area contributed by atoms with Crippen LogP contribution in [0, 0.1) is 0 Å². The SMILES string of the molecule is CCCC/C=C\CCCCCCCC(=O)OCC(COC(=O)CCCCCCCCCCCC/C=C\C/C=C\C/C=C\CCCCCCC)OC(=O)CCCCCCC/C=C\C/C=C\CCCCC. The summed E-state index contributed by atoms with van der Waals surface area (Å²) in [6, 6.07) is 0. The van der Waals surface area contributed by atoms with Crippen LogP contribution < -0.4 is 0 Å². The van der Waals surface area contributed by atoms with E-state index in [1.165, 1.54) is 148 Å². The molecule has 0 fully saturated rings. The molecule has 6 heteroatoms. The summed E-state index contributed by atoms with van der Waals surface area (Å²) in [4.78, 5) is 38.1. The van der Waals surface area contributed by atoms with E-state index >= 15 is 0 Å². The van der Waals surface area contributed by atoms with Gasteiger partial charge in [-0.15, -0.1) is 0 Å². The lowest BCUT2D eigenvalue weighted by Crippen LogP contribution is -2.30. The lowest BCUT2D eigenvalue weighted by atomic mass is 10.1. The first-order valence-electron chi connectivity index (χ1n) is 29.4. The van der Waals surface area contributed by atoms with Gasteiger partial charge in [0.2, 0.25) is 0 Å². The number of carbonyl (C=O) groups is 3. The molecule has 0 bridgehead atoms. The van der Waals surface area contributed by atoms with E-state index in [9.17, 15) is 14.4 Å². The van der Waals surface area contributed by atoms with Gasteiger partial charge in [0.15, 0.2) is 6.10 Å². The number of esters is 3. The minimum absolute atomic E-state index is 0.0853. The molecule has 0 radical (unpaired) electrons. The summed E-state index contributed by atoms with van der Waals surface area (Å²) < 4.78 is 16.8. The molecule has 1 unspecified atom stereocenters. The van der Waals surface area contributed by atoms with Gasteiger partial charge in [0.05, 0.1) is 0 Å². The Balaban J connectivity index is 4.28. The van der Waals surface area contributed by atoms with Crippen molar-refractivity contribution < 1.29 is 28.6 Å². The molecule has 0 aromatic carbocycles. The second kappa shape index (κ2) is 57.4. The van der Waals surface area contributed by atoms with Gasteiger partial charge >= 0.3 is 17.9 Å². The topological polar surface area (TPSA) is 78.9 Å². The zero-order chi connectivity index (χ0) is 50.0. The number of hydrogen-bond donors (Lipinski definition) is 0. The highest BCUT2D eigenvalue weighted by Crippen LogP contribution is 2.15. The summed E-state index contributed by atoms with van der Waals surface area (Å²) in [5, 5.41) is 0. The number of ether oxygens (including phenoxy) is 3. The van der Waals surface area contributed by atoms with Gasteiger partial charge in [0.1, 0.15) is 13.2 Å². The Morgan fingerprint density at radius 2 is 0.536 bits per heavy atom. The largest absolute Gasteiger partial charge is 0.462 e. The number of unbranched alkanes of at least 4 members (excludes halogenated alkanes) is 30. The van der Waals surface area contributed by atoms with Crippen LogP contribution in [-0.2, 0) is 28.6 Å². The summed E-state index contributed by atoms with van der Waals surface area (Å²) in [5.74, 6) is -0.906. The monoisotopic (exact) mass is 963 g/mol. The van der Waals surface area contributed by atoms with Crippen molar-refractivity contribution in [3.8, 4) is 0 Å². The van der Waals surface area contributed by atoms with Crippen molar-refractivity contribution in [2.45, 2.75) is 297 Å². The molecule has 0 rings (SSSR count). The molecule has 0 aliphatic rings. The van der Waals surface area contributed by atoms with Crippen molar-refractivity contribution in [1.82, 2.24) is 0 Å². The third-order valence-electron chi connectivity index (χ3n) is 12.7. The molecule has 0 aliphatic carbocycles. The van der Waals surface area contributed by atoms with Crippen LogP contribution in [0.1, 0.15) is 290 Å². The Bertz CT molecular complexity index is 1290. The second-order valence-corrected chi connectivity index (χ2v) is 19.5. The van der Waals surface area contributed by atoms with Crippen LogP contribution in [0.5, 0.6) is 0 Å². The van der Waals surface area contributed by atoms with Crippen molar-refractivity contribution in [2.75, 3.05) is 13.2 Å². The average molecular weight is 964 g/mol. The van der Waals surface area contributed by atoms with Gasteiger partial charge in [-0.1, -0.05) is 235 Å². The summed E-state index contributed by atoms with van der Waals surface area (Å²) in [6.07, 6.45) is 73.3. The Kier molecular flexibility index (Phi) is 54.8. The molecule has 6 nitrogen and oxygen atoms in total. The highest BCUT2D eigenvalue weighted by Gasteiger charge is 2.19. The smallest absolute Gasteiger partial charge is 0.306 e. The summed E-state index contributed by atoms with van der Waals surface area (Å²) in [6.45, 7) is 6.56. The molecule has 0 heterocycles. The lowest BCUT2D eigenvalue weighted by Gasteiger charge is -2.18. The predicted molar refractivity (Wildman–Crippen MR) is 298 cm³/mol. The van der Waals surface area contributed by atoms with E-state index in [1.807, 2.05) is 0 Å². The first kappa shape index (κ1) is 65.8. The van der Waals surface area contributed by atoms with Gasteiger partial charge in [0.25, 0.3) is 0 Å². The van der Waals surface area contributed by atoms with Crippen molar-refractivity contribution in [2.24, 2.45) is 0 Å². The molecular formula is C63H110O6. The van der Waals surface area contributed by atoms with E-state index < -0.39 is 6.10 Å². The van der Waals surface area contributed by atoms with Crippen LogP contribution in [0.2, 0.25) is 0 Å². The van der Waals surface area contributed by atoms with Gasteiger partial charge in [0, 0.05) is 19.3 Å². The molecule has 0 aliphatic heterocycles. The first-order chi connectivity index (χ1) is 34.0. The molecule has 0 aromatic heterocycles. The Morgan fingerprint density at radius 3 is 0.899 bits per heavy atom. The van der Waals surface area contributed by atoms with Crippen LogP contribution >= 0.6 is 0 Å². The fourth-order valence-electron chi connectivity index (χ4n) is 8.17. The van der Waals surface area contributed by atoms with E-state index in [-0.39, 0.29) is 31.1 Å². The Morgan fingerprint density at radius 1 is 0.290 bits per heavy atom. The lowest BCUT2D eigenvalue weighted by molar-refractivity contribution is -0.167. The van der Waals surface area contributed by atoms with E-state index in [2.05, 4.69) is 93.7 Å². The van der Waals surface area contributed by atoms with Gasteiger partial charge in [-0.3, -0.25) is 14.4 Å². The molecule has 0 amide bonds. The maximum absolute atomic E-state index is 12.8. The maximum atomic E-state index is 12.8. The van der Waals surface area contributed by atoms with Gasteiger partial charge in [-0.05, 0) is 109 Å². The summed E-state index contributed by atoms with van der Waals surface area (Å²) in [7, 11) is 0. The van der Waals surface area contributed by atoms with E-state index in [0.29, 0.717) is 19.3 Å². The Labute approximate surface area is 427 Å². The van der Waals surface area contributed by atoms with Gasteiger partial charge in [-0.25, -0.2) is 0 Å². The number of carbonyl (C=O) groups excluding carboxylic acids is 3. The Hall–Kier alpha value is -3.15. The molecular weight excluding hydrogens is 853 g/mol. The minimum Gasteiger partial charge on any atom is -0.462 e. The first-order valence-corrected chi connectivity index (χ1v) is 29.4.